The molecule has 1 rings (SSSR count). The number of hydrogen-bond acceptors (Lipinski definition) is 1. The number of rotatable bonds is 2. The monoisotopic (exact) mass is 166 g/mol. The van der Waals surface area contributed by atoms with Crippen molar-refractivity contribution >= 4 is 5.97 Å². The standard InChI is InChI=1S/C10H14O2/c1-7(2)8-3-5-9(6-4-8)10(11)12/h3,5-8H,4H2,1-2H3,(H,11,12). The van der Waals surface area contributed by atoms with Crippen LogP contribution in [0, 0.1) is 11.8 Å². The summed E-state index contributed by atoms with van der Waals surface area (Å²) in [7, 11) is 0. The van der Waals surface area contributed by atoms with Gasteiger partial charge in [-0.1, -0.05) is 32.1 Å². The number of carboxylic acids is 1. The minimum absolute atomic E-state index is 0.423. The lowest BCUT2D eigenvalue weighted by Gasteiger charge is -2.17. The number of allylic oxidation sites excluding steroid dienone is 2. The Balaban J connectivity index is 2.61. The first-order valence-corrected chi connectivity index (χ1v) is 4.23. The summed E-state index contributed by atoms with van der Waals surface area (Å²) < 4.78 is 0. The van der Waals surface area contributed by atoms with Crippen molar-refractivity contribution in [2.75, 3.05) is 0 Å². The molecule has 2 nitrogen and oxygen atoms in total. The maximum Gasteiger partial charge on any atom is 0.335 e. The van der Waals surface area contributed by atoms with Crippen LogP contribution in [0.1, 0.15) is 20.3 Å². The van der Waals surface area contributed by atoms with Crippen LogP contribution in [0.5, 0.6) is 0 Å². The molecular formula is C10H14O2. The first-order valence-electron chi connectivity index (χ1n) is 4.23. The van der Waals surface area contributed by atoms with Crippen molar-refractivity contribution in [3.05, 3.63) is 23.8 Å². The predicted molar refractivity (Wildman–Crippen MR) is 47.8 cm³/mol. The topological polar surface area (TPSA) is 37.3 Å². The fourth-order valence-electron chi connectivity index (χ4n) is 1.29. The smallest absolute Gasteiger partial charge is 0.335 e. The van der Waals surface area contributed by atoms with Crippen molar-refractivity contribution in [1.29, 1.82) is 0 Å². The molecule has 0 aliphatic heterocycles. The molecule has 1 atom stereocenters. The zero-order valence-electron chi connectivity index (χ0n) is 7.45. The second-order valence-corrected chi connectivity index (χ2v) is 3.47. The van der Waals surface area contributed by atoms with E-state index in [9.17, 15) is 4.79 Å². The third-order valence-electron chi connectivity index (χ3n) is 2.24. The third-order valence-corrected chi connectivity index (χ3v) is 2.24. The average Bonchev–Trinajstić information content (AvgIpc) is 2.04. The lowest BCUT2D eigenvalue weighted by Crippen LogP contribution is -2.10. The fourth-order valence-corrected chi connectivity index (χ4v) is 1.29. The van der Waals surface area contributed by atoms with E-state index in [-0.39, 0.29) is 0 Å². The van der Waals surface area contributed by atoms with Gasteiger partial charge in [0.15, 0.2) is 0 Å². The molecule has 0 bridgehead atoms. The van der Waals surface area contributed by atoms with Gasteiger partial charge in [0.25, 0.3) is 0 Å². The quantitative estimate of drug-likeness (QED) is 0.683. The summed E-state index contributed by atoms with van der Waals surface area (Å²) in [5, 5.41) is 8.64. The highest BCUT2D eigenvalue weighted by Crippen LogP contribution is 2.23. The largest absolute Gasteiger partial charge is 0.478 e. The van der Waals surface area contributed by atoms with Gasteiger partial charge in [0.2, 0.25) is 0 Å². The summed E-state index contributed by atoms with van der Waals surface area (Å²) in [6, 6.07) is 0. The van der Waals surface area contributed by atoms with Crippen LogP contribution < -0.4 is 0 Å². The Labute approximate surface area is 72.6 Å². The molecule has 1 aliphatic rings. The van der Waals surface area contributed by atoms with Crippen LogP contribution in [0.3, 0.4) is 0 Å². The van der Waals surface area contributed by atoms with Gasteiger partial charge in [-0.15, -0.1) is 0 Å². The summed E-state index contributed by atoms with van der Waals surface area (Å²) in [5.41, 5.74) is 0.423. The zero-order valence-corrected chi connectivity index (χ0v) is 7.45. The molecule has 12 heavy (non-hydrogen) atoms. The Morgan fingerprint density at radius 3 is 2.67 bits per heavy atom. The molecule has 0 saturated carbocycles. The summed E-state index contributed by atoms with van der Waals surface area (Å²) in [5.74, 6) is 0.273. The van der Waals surface area contributed by atoms with Crippen molar-refractivity contribution in [3.8, 4) is 0 Å². The molecule has 0 aromatic heterocycles. The average molecular weight is 166 g/mol. The van der Waals surface area contributed by atoms with Gasteiger partial charge in [0.05, 0.1) is 5.57 Å². The third kappa shape index (κ3) is 1.97. The lowest BCUT2D eigenvalue weighted by atomic mass is 9.88. The van der Waals surface area contributed by atoms with Crippen LogP contribution >= 0.6 is 0 Å². The van der Waals surface area contributed by atoms with E-state index in [1.54, 1.807) is 12.2 Å². The highest BCUT2D eigenvalue weighted by molar-refractivity contribution is 5.90. The van der Waals surface area contributed by atoms with Crippen LogP contribution in [0.15, 0.2) is 23.8 Å². The SMILES string of the molecule is CC(C)C1C=CC(C(=O)O)=CC1. The van der Waals surface area contributed by atoms with Gasteiger partial charge in [-0.3, -0.25) is 0 Å². The Kier molecular flexibility index (Phi) is 2.69. The Morgan fingerprint density at radius 1 is 1.67 bits per heavy atom. The highest BCUT2D eigenvalue weighted by atomic mass is 16.4. The Morgan fingerprint density at radius 2 is 2.33 bits per heavy atom. The number of aliphatic carboxylic acids is 1. The van der Waals surface area contributed by atoms with E-state index in [1.165, 1.54) is 0 Å². The van der Waals surface area contributed by atoms with E-state index >= 15 is 0 Å². The van der Waals surface area contributed by atoms with Crippen LogP contribution in [0.25, 0.3) is 0 Å². The minimum Gasteiger partial charge on any atom is -0.478 e. The molecular weight excluding hydrogens is 152 g/mol. The van der Waals surface area contributed by atoms with Gasteiger partial charge in [-0.05, 0) is 18.3 Å². The molecule has 1 N–H and O–H groups in total. The second kappa shape index (κ2) is 3.57. The van der Waals surface area contributed by atoms with Crippen LogP contribution in [-0.2, 0) is 4.79 Å². The van der Waals surface area contributed by atoms with E-state index in [1.807, 2.05) is 6.08 Å². The molecule has 0 fully saturated rings. The first-order chi connectivity index (χ1) is 5.61. The predicted octanol–water partition coefficient (Wildman–Crippen LogP) is 2.23. The molecule has 2 heteroatoms. The van der Waals surface area contributed by atoms with Crippen molar-refractivity contribution in [3.63, 3.8) is 0 Å². The van der Waals surface area contributed by atoms with E-state index in [0.29, 0.717) is 17.4 Å². The second-order valence-electron chi connectivity index (χ2n) is 3.47. The summed E-state index contributed by atoms with van der Waals surface area (Å²) in [6.07, 6.45) is 6.35. The Bertz CT molecular complexity index is 236. The molecule has 0 aromatic carbocycles. The van der Waals surface area contributed by atoms with Gasteiger partial charge >= 0.3 is 5.97 Å². The first kappa shape index (κ1) is 9.04. The van der Waals surface area contributed by atoms with Gasteiger partial charge in [0, 0.05) is 0 Å². The van der Waals surface area contributed by atoms with Gasteiger partial charge in [0.1, 0.15) is 0 Å². The molecule has 0 amide bonds. The van der Waals surface area contributed by atoms with E-state index in [4.69, 9.17) is 5.11 Å². The summed E-state index contributed by atoms with van der Waals surface area (Å²) in [4.78, 5) is 10.5. The lowest BCUT2D eigenvalue weighted by molar-refractivity contribution is -0.132. The van der Waals surface area contributed by atoms with Crippen LogP contribution in [0.4, 0.5) is 0 Å². The van der Waals surface area contributed by atoms with Crippen molar-refractivity contribution < 1.29 is 9.90 Å². The number of carbonyl (C=O) groups is 1. The molecule has 0 aromatic rings. The molecule has 0 saturated heterocycles. The van der Waals surface area contributed by atoms with Crippen LogP contribution in [0.2, 0.25) is 0 Å². The van der Waals surface area contributed by atoms with Crippen molar-refractivity contribution in [1.82, 2.24) is 0 Å². The van der Waals surface area contributed by atoms with E-state index in [0.717, 1.165) is 6.42 Å². The molecule has 0 spiro atoms. The summed E-state index contributed by atoms with van der Waals surface area (Å²) in [6.45, 7) is 4.29. The van der Waals surface area contributed by atoms with E-state index < -0.39 is 5.97 Å². The molecule has 66 valence electrons. The number of hydrogen-bond donors (Lipinski definition) is 1. The maximum absolute atomic E-state index is 10.5. The van der Waals surface area contributed by atoms with Gasteiger partial charge < -0.3 is 5.11 Å². The molecule has 0 heterocycles. The zero-order chi connectivity index (χ0) is 9.14. The van der Waals surface area contributed by atoms with Crippen LogP contribution in [-0.4, -0.2) is 11.1 Å². The highest BCUT2D eigenvalue weighted by Gasteiger charge is 2.14. The van der Waals surface area contributed by atoms with Gasteiger partial charge in [-0.25, -0.2) is 4.79 Å². The molecule has 0 radical (unpaired) electrons. The van der Waals surface area contributed by atoms with E-state index in [2.05, 4.69) is 13.8 Å². The van der Waals surface area contributed by atoms with Crippen molar-refractivity contribution in [2.24, 2.45) is 11.8 Å². The molecule has 1 aliphatic carbocycles. The maximum atomic E-state index is 10.5. The fraction of sp³-hybridized carbons (Fsp3) is 0.500. The summed E-state index contributed by atoms with van der Waals surface area (Å²) >= 11 is 0. The number of carboxylic acid groups (broad SMARTS) is 1. The normalized spacial score (nSPS) is 22.6. The molecule has 1 unspecified atom stereocenters. The minimum atomic E-state index is -0.826. The van der Waals surface area contributed by atoms with Crippen molar-refractivity contribution in [2.45, 2.75) is 20.3 Å². The van der Waals surface area contributed by atoms with Gasteiger partial charge in [-0.2, -0.15) is 0 Å². The Hall–Kier alpha value is -1.05.